The lowest BCUT2D eigenvalue weighted by molar-refractivity contribution is -0.141. The molecule has 8 nitrogen and oxygen atoms in total. The van der Waals surface area contributed by atoms with E-state index in [0.717, 1.165) is 34.8 Å². The van der Waals surface area contributed by atoms with E-state index in [1.54, 1.807) is 9.80 Å². The number of halogens is 3. The van der Waals surface area contributed by atoms with E-state index in [-0.39, 0.29) is 18.1 Å². The van der Waals surface area contributed by atoms with Gasteiger partial charge in [-0.15, -0.1) is 10.2 Å². The smallest absolute Gasteiger partial charge is 0.336 e. The predicted molar refractivity (Wildman–Crippen MR) is 131 cm³/mol. The monoisotopic (exact) mass is 522 g/mol. The minimum atomic E-state index is -4.65. The molecule has 0 spiro atoms. The van der Waals surface area contributed by atoms with Crippen LogP contribution in [0.5, 0.6) is 0 Å². The van der Waals surface area contributed by atoms with Gasteiger partial charge in [-0.2, -0.15) is 18.3 Å². The van der Waals surface area contributed by atoms with Gasteiger partial charge in [0.05, 0.1) is 23.1 Å². The quantitative estimate of drug-likeness (QED) is 0.486. The molecule has 0 unspecified atom stereocenters. The fraction of sp³-hybridized carbons (Fsp3) is 0.370. The zero-order chi connectivity index (χ0) is 26.6. The molecule has 6 rings (SSSR count). The van der Waals surface area contributed by atoms with Crippen molar-refractivity contribution in [2.75, 3.05) is 19.6 Å². The van der Waals surface area contributed by atoms with Crippen molar-refractivity contribution in [2.45, 2.75) is 43.8 Å². The number of hydrogen-bond acceptors (Lipinski definition) is 5. The van der Waals surface area contributed by atoms with Crippen LogP contribution in [0.4, 0.5) is 13.2 Å². The van der Waals surface area contributed by atoms with Crippen LogP contribution in [0.1, 0.15) is 63.5 Å². The number of carbonyl (C=O) groups is 2. The molecule has 1 atom stereocenters. The maximum absolute atomic E-state index is 13.5. The van der Waals surface area contributed by atoms with Crippen molar-refractivity contribution in [1.82, 2.24) is 29.8 Å². The second-order valence-corrected chi connectivity index (χ2v) is 9.89. The molecule has 196 valence electrons. The Bertz CT molecular complexity index is 1410. The van der Waals surface area contributed by atoms with Gasteiger partial charge < -0.3 is 9.80 Å². The normalized spacial score (nSPS) is 19.1. The summed E-state index contributed by atoms with van der Waals surface area (Å²) in [5, 5.41) is 11.7. The van der Waals surface area contributed by atoms with Gasteiger partial charge in [0.15, 0.2) is 11.4 Å². The summed E-state index contributed by atoms with van der Waals surface area (Å²) in [6.07, 6.45) is 0.0288. The number of amides is 2. The third kappa shape index (κ3) is 4.25. The first kappa shape index (κ1) is 24.3. The molecule has 2 aromatic heterocycles. The van der Waals surface area contributed by atoms with Crippen LogP contribution in [0.15, 0.2) is 49.1 Å². The van der Waals surface area contributed by atoms with Crippen molar-refractivity contribution in [2.24, 2.45) is 0 Å². The second-order valence-electron chi connectivity index (χ2n) is 9.89. The standard InChI is InChI=1S/C27H25F3N6O2/c1-2-24(37)34-13-11-19-25-21(36(33-19)18-7-5-17(6-8-18)16-3-4-16)12-14-35(22(25)15-34)26(38)20-9-10-23(32-31-20)27(28,29)30/h2,5-10,16,22H,1,3-4,11-15H2/t22-/m1/s1. The van der Waals surface area contributed by atoms with Crippen molar-refractivity contribution in [3.8, 4) is 5.69 Å². The Kier molecular flexibility index (Phi) is 5.81. The third-order valence-electron chi connectivity index (χ3n) is 7.52. The molecular formula is C27H25F3N6O2. The van der Waals surface area contributed by atoms with Gasteiger partial charge in [0.1, 0.15) is 0 Å². The van der Waals surface area contributed by atoms with Gasteiger partial charge in [-0.3, -0.25) is 9.59 Å². The van der Waals surface area contributed by atoms with Crippen LogP contribution in [0.3, 0.4) is 0 Å². The largest absolute Gasteiger partial charge is 0.435 e. The molecule has 3 aliphatic rings. The van der Waals surface area contributed by atoms with Gasteiger partial charge in [-0.05, 0) is 54.7 Å². The molecule has 2 aliphatic heterocycles. The van der Waals surface area contributed by atoms with E-state index < -0.39 is 23.8 Å². The van der Waals surface area contributed by atoms with Crippen LogP contribution in [0.2, 0.25) is 0 Å². The van der Waals surface area contributed by atoms with E-state index in [0.29, 0.717) is 31.8 Å². The first-order valence-electron chi connectivity index (χ1n) is 12.6. The van der Waals surface area contributed by atoms with Crippen molar-refractivity contribution in [3.63, 3.8) is 0 Å². The van der Waals surface area contributed by atoms with E-state index in [9.17, 15) is 22.8 Å². The average Bonchev–Trinajstić information content (AvgIpc) is 3.73. The van der Waals surface area contributed by atoms with Crippen LogP contribution in [0, 0.1) is 0 Å². The molecule has 4 heterocycles. The Labute approximate surface area is 216 Å². The molecule has 1 saturated carbocycles. The van der Waals surface area contributed by atoms with Gasteiger partial charge in [-0.1, -0.05) is 18.7 Å². The summed E-state index contributed by atoms with van der Waals surface area (Å²) in [5.74, 6) is -0.155. The van der Waals surface area contributed by atoms with Crippen molar-refractivity contribution >= 4 is 11.8 Å². The lowest BCUT2D eigenvalue weighted by Crippen LogP contribution is -2.46. The molecule has 1 aromatic carbocycles. The maximum Gasteiger partial charge on any atom is 0.435 e. The number of aromatic nitrogens is 4. The Morgan fingerprint density at radius 3 is 2.39 bits per heavy atom. The second kappa shape index (κ2) is 9.07. The number of rotatable bonds is 4. The fourth-order valence-corrected chi connectivity index (χ4v) is 5.43. The van der Waals surface area contributed by atoms with Gasteiger partial charge in [-0.25, -0.2) is 4.68 Å². The Balaban J connectivity index is 1.37. The first-order valence-corrected chi connectivity index (χ1v) is 12.6. The molecule has 0 N–H and O–H groups in total. The van der Waals surface area contributed by atoms with E-state index in [4.69, 9.17) is 5.10 Å². The molecule has 38 heavy (non-hydrogen) atoms. The van der Waals surface area contributed by atoms with Crippen LogP contribution in [-0.2, 0) is 23.8 Å². The van der Waals surface area contributed by atoms with Crippen LogP contribution in [0.25, 0.3) is 5.69 Å². The molecule has 0 bridgehead atoms. The number of alkyl halides is 3. The van der Waals surface area contributed by atoms with Crippen molar-refractivity contribution in [3.05, 3.63) is 83.0 Å². The Hall–Kier alpha value is -4.02. The summed E-state index contributed by atoms with van der Waals surface area (Å²) in [5.41, 5.74) is 3.56. The minimum Gasteiger partial charge on any atom is -0.336 e. The van der Waals surface area contributed by atoms with Crippen LogP contribution < -0.4 is 0 Å². The molecule has 0 saturated heterocycles. The minimum absolute atomic E-state index is 0.183. The Morgan fingerprint density at radius 1 is 1.00 bits per heavy atom. The lowest BCUT2D eigenvalue weighted by Gasteiger charge is -2.37. The topological polar surface area (TPSA) is 84.2 Å². The summed E-state index contributed by atoms with van der Waals surface area (Å²) >= 11 is 0. The van der Waals surface area contributed by atoms with Gasteiger partial charge in [0, 0.05) is 38.0 Å². The Morgan fingerprint density at radius 2 is 1.76 bits per heavy atom. The van der Waals surface area contributed by atoms with Gasteiger partial charge >= 0.3 is 6.18 Å². The first-order chi connectivity index (χ1) is 18.2. The summed E-state index contributed by atoms with van der Waals surface area (Å²) in [6.45, 7) is 4.51. The zero-order valence-corrected chi connectivity index (χ0v) is 20.5. The summed E-state index contributed by atoms with van der Waals surface area (Å²) in [4.78, 5) is 29.3. The summed E-state index contributed by atoms with van der Waals surface area (Å²) in [7, 11) is 0. The highest BCUT2D eigenvalue weighted by Gasteiger charge is 2.41. The van der Waals surface area contributed by atoms with Gasteiger partial charge in [0.25, 0.3) is 5.91 Å². The number of carbonyl (C=O) groups excluding carboxylic acids is 2. The molecule has 2 amide bonds. The SMILES string of the molecule is C=CC(=O)N1CCc2nn(-c3ccc(C4CC4)cc3)c3c2[C@@H](C1)N(C(=O)c1ccc(C(F)(F)F)nn1)CC3. The van der Waals surface area contributed by atoms with E-state index >= 15 is 0 Å². The fourth-order valence-electron chi connectivity index (χ4n) is 5.43. The number of benzene rings is 1. The van der Waals surface area contributed by atoms with Crippen LogP contribution in [-0.4, -0.2) is 61.2 Å². The summed E-state index contributed by atoms with van der Waals surface area (Å²) < 4.78 is 40.8. The van der Waals surface area contributed by atoms with Gasteiger partial charge in [0.2, 0.25) is 5.91 Å². The predicted octanol–water partition coefficient (Wildman–Crippen LogP) is 3.87. The number of nitrogens with zero attached hydrogens (tertiary/aromatic N) is 6. The average molecular weight is 523 g/mol. The lowest BCUT2D eigenvalue weighted by atomic mass is 9.95. The molecular weight excluding hydrogens is 497 g/mol. The molecule has 1 fully saturated rings. The van der Waals surface area contributed by atoms with Crippen LogP contribution >= 0.6 is 0 Å². The van der Waals surface area contributed by atoms with E-state index in [1.807, 2.05) is 4.68 Å². The summed E-state index contributed by atoms with van der Waals surface area (Å²) in [6, 6.07) is 9.67. The number of hydrogen-bond donors (Lipinski definition) is 0. The highest BCUT2D eigenvalue weighted by atomic mass is 19.4. The molecule has 3 aromatic rings. The molecule has 1 aliphatic carbocycles. The van der Waals surface area contributed by atoms with Crippen molar-refractivity contribution in [1.29, 1.82) is 0 Å². The highest BCUT2D eigenvalue weighted by Crippen LogP contribution is 2.41. The molecule has 0 radical (unpaired) electrons. The van der Waals surface area contributed by atoms with E-state index in [1.165, 1.54) is 24.5 Å². The highest BCUT2D eigenvalue weighted by molar-refractivity contribution is 5.93. The maximum atomic E-state index is 13.5. The molecule has 11 heteroatoms. The van der Waals surface area contributed by atoms with E-state index in [2.05, 4.69) is 41.0 Å². The van der Waals surface area contributed by atoms with Crippen molar-refractivity contribution < 1.29 is 22.8 Å². The zero-order valence-electron chi connectivity index (χ0n) is 20.5. The third-order valence-corrected chi connectivity index (χ3v) is 7.52.